The number of phenols is 1. The SMILES string of the molecule is COc1ccc(O)cc1OC1CCCC1. The summed E-state index contributed by atoms with van der Waals surface area (Å²) in [6.45, 7) is 0. The predicted octanol–water partition coefficient (Wildman–Crippen LogP) is 2.72. The number of hydrogen-bond acceptors (Lipinski definition) is 3. The summed E-state index contributed by atoms with van der Waals surface area (Å²) in [6.07, 6.45) is 4.93. The molecule has 2 rings (SSSR count). The van der Waals surface area contributed by atoms with Crippen LogP contribution in [0.3, 0.4) is 0 Å². The number of methoxy groups -OCH3 is 1. The van der Waals surface area contributed by atoms with Gasteiger partial charge in [-0.15, -0.1) is 0 Å². The van der Waals surface area contributed by atoms with Crippen molar-refractivity contribution in [2.45, 2.75) is 31.8 Å². The smallest absolute Gasteiger partial charge is 0.165 e. The van der Waals surface area contributed by atoms with Crippen LogP contribution >= 0.6 is 0 Å². The lowest BCUT2D eigenvalue weighted by molar-refractivity contribution is 0.200. The van der Waals surface area contributed by atoms with Crippen LogP contribution in [0.1, 0.15) is 25.7 Å². The average Bonchev–Trinajstić information content (AvgIpc) is 2.71. The van der Waals surface area contributed by atoms with E-state index in [-0.39, 0.29) is 11.9 Å². The van der Waals surface area contributed by atoms with Crippen LogP contribution in [0, 0.1) is 0 Å². The molecule has 1 N–H and O–H groups in total. The van der Waals surface area contributed by atoms with Crippen LogP contribution in [-0.2, 0) is 0 Å². The van der Waals surface area contributed by atoms with E-state index < -0.39 is 0 Å². The molecule has 82 valence electrons. The molecular weight excluding hydrogens is 192 g/mol. The molecule has 0 spiro atoms. The molecule has 3 nitrogen and oxygen atoms in total. The highest BCUT2D eigenvalue weighted by atomic mass is 16.5. The van der Waals surface area contributed by atoms with Crippen molar-refractivity contribution in [3.8, 4) is 17.2 Å². The number of aromatic hydroxyl groups is 1. The number of phenolic OH excluding ortho intramolecular Hbond substituents is 1. The van der Waals surface area contributed by atoms with Crippen molar-refractivity contribution in [1.82, 2.24) is 0 Å². The standard InChI is InChI=1S/C12H16O3/c1-14-11-7-6-9(13)8-12(11)15-10-4-2-3-5-10/h6-8,10,13H,2-5H2,1H3. The third-order valence-corrected chi connectivity index (χ3v) is 2.74. The second kappa shape index (κ2) is 4.43. The van der Waals surface area contributed by atoms with Gasteiger partial charge in [0.25, 0.3) is 0 Å². The van der Waals surface area contributed by atoms with Gasteiger partial charge in [0, 0.05) is 6.07 Å². The van der Waals surface area contributed by atoms with Gasteiger partial charge in [-0.05, 0) is 37.8 Å². The van der Waals surface area contributed by atoms with Crippen molar-refractivity contribution in [2.24, 2.45) is 0 Å². The highest BCUT2D eigenvalue weighted by Crippen LogP contribution is 2.34. The maximum absolute atomic E-state index is 9.37. The van der Waals surface area contributed by atoms with Crippen LogP contribution < -0.4 is 9.47 Å². The number of rotatable bonds is 3. The molecule has 1 fully saturated rings. The van der Waals surface area contributed by atoms with Gasteiger partial charge in [0.05, 0.1) is 13.2 Å². The molecule has 0 saturated heterocycles. The maximum Gasteiger partial charge on any atom is 0.165 e. The van der Waals surface area contributed by atoms with E-state index >= 15 is 0 Å². The highest BCUT2D eigenvalue weighted by Gasteiger charge is 2.18. The maximum atomic E-state index is 9.37. The van der Waals surface area contributed by atoms with E-state index in [0.29, 0.717) is 11.5 Å². The van der Waals surface area contributed by atoms with Gasteiger partial charge in [-0.2, -0.15) is 0 Å². The minimum absolute atomic E-state index is 0.212. The Kier molecular flexibility index (Phi) is 2.99. The first-order chi connectivity index (χ1) is 7.29. The van der Waals surface area contributed by atoms with E-state index in [4.69, 9.17) is 9.47 Å². The van der Waals surface area contributed by atoms with Crippen molar-refractivity contribution in [3.05, 3.63) is 18.2 Å². The highest BCUT2D eigenvalue weighted by molar-refractivity contribution is 5.45. The van der Waals surface area contributed by atoms with Crippen LogP contribution in [0.25, 0.3) is 0 Å². The molecule has 0 unspecified atom stereocenters. The monoisotopic (exact) mass is 208 g/mol. The fourth-order valence-electron chi connectivity index (χ4n) is 1.94. The largest absolute Gasteiger partial charge is 0.508 e. The number of benzene rings is 1. The number of hydrogen-bond donors (Lipinski definition) is 1. The van der Waals surface area contributed by atoms with Gasteiger partial charge in [0.1, 0.15) is 5.75 Å². The van der Waals surface area contributed by atoms with Gasteiger partial charge < -0.3 is 14.6 Å². The lowest BCUT2D eigenvalue weighted by Crippen LogP contribution is -2.11. The van der Waals surface area contributed by atoms with Crippen LogP contribution in [0.15, 0.2) is 18.2 Å². The van der Waals surface area contributed by atoms with Gasteiger partial charge in [0.15, 0.2) is 11.5 Å². The van der Waals surface area contributed by atoms with Crippen molar-refractivity contribution >= 4 is 0 Å². The summed E-state index contributed by atoms with van der Waals surface area (Å²) in [5.74, 6) is 1.54. The van der Waals surface area contributed by atoms with Crippen LogP contribution in [0.2, 0.25) is 0 Å². The van der Waals surface area contributed by atoms with E-state index in [1.807, 2.05) is 0 Å². The summed E-state index contributed by atoms with van der Waals surface area (Å²) in [4.78, 5) is 0. The lowest BCUT2D eigenvalue weighted by atomic mass is 10.2. The summed E-state index contributed by atoms with van der Waals surface area (Å²) < 4.78 is 11.0. The molecule has 1 aliphatic carbocycles. The van der Waals surface area contributed by atoms with E-state index in [2.05, 4.69) is 0 Å². The Bertz CT molecular complexity index is 330. The molecular formula is C12H16O3. The fraction of sp³-hybridized carbons (Fsp3) is 0.500. The molecule has 1 saturated carbocycles. The quantitative estimate of drug-likeness (QED) is 0.830. The lowest BCUT2D eigenvalue weighted by Gasteiger charge is -2.15. The molecule has 0 aliphatic heterocycles. The summed E-state index contributed by atoms with van der Waals surface area (Å²) in [7, 11) is 1.61. The Hall–Kier alpha value is -1.38. The van der Waals surface area contributed by atoms with E-state index in [9.17, 15) is 5.11 Å². The Balaban J connectivity index is 2.14. The van der Waals surface area contributed by atoms with Gasteiger partial charge in [-0.25, -0.2) is 0 Å². The molecule has 0 amide bonds. The normalized spacial score (nSPS) is 16.6. The topological polar surface area (TPSA) is 38.7 Å². The van der Waals surface area contributed by atoms with Gasteiger partial charge >= 0.3 is 0 Å². The van der Waals surface area contributed by atoms with Crippen molar-refractivity contribution in [2.75, 3.05) is 7.11 Å². The first kappa shape index (κ1) is 10.1. The zero-order valence-electron chi connectivity index (χ0n) is 8.90. The predicted molar refractivity (Wildman–Crippen MR) is 57.5 cm³/mol. The molecule has 3 heteroatoms. The average molecular weight is 208 g/mol. The Labute approximate surface area is 89.6 Å². The summed E-state index contributed by atoms with van der Waals surface area (Å²) in [6, 6.07) is 4.93. The second-order valence-electron chi connectivity index (χ2n) is 3.86. The molecule has 0 heterocycles. The first-order valence-corrected chi connectivity index (χ1v) is 5.33. The summed E-state index contributed by atoms with van der Waals surface area (Å²) in [5.41, 5.74) is 0. The molecule has 0 bridgehead atoms. The molecule has 1 aromatic carbocycles. The van der Waals surface area contributed by atoms with Gasteiger partial charge in [0.2, 0.25) is 0 Å². The Morgan fingerprint density at radius 1 is 1.20 bits per heavy atom. The van der Waals surface area contributed by atoms with Gasteiger partial charge in [-0.3, -0.25) is 0 Å². The third-order valence-electron chi connectivity index (χ3n) is 2.74. The van der Waals surface area contributed by atoms with Crippen LogP contribution in [0.5, 0.6) is 17.2 Å². The molecule has 1 aliphatic rings. The van der Waals surface area contributed by atoms with Crippen LogP contribution in [-0.4, -0.2) is 18.3 Å². The van der Waals surface area contributed by atoms with Crippen molar-refractivity contribution in [1.29, 1.82) is 0 Å². The van der Waals surface area contributed by atoms with Crippen LogP contribution in [0.4, 0.5) is 0 Å². The first-order valence-electron chi connectivity index (χ1n) is 5.33. The summed E-state index contributed by atoms with van der Waals surface area (Å²) in [5, 5.41) is 9.37. The minimum atomic E-state index is 0.212. The Morgan fingerprint density at radius 3 is 2.60 bits per heavy atom. The van der Waals surface area contributed by atoms with Crippen molar-refractivity contribution < 1.29 is 14.6 Å². The second-order valence-corrected chi connectivity index (χ2v) is 3.86. The fourth-order valence-corrected chi connectivity index (χ4v) is 1.94. The zero-order chi connectivity index (χ0) is 10.7. The van der Waals surface area contributed by atoms with E-state index in [1.54, 1.807) is 25.3 Å². The minimum Gasteiger partial charge on any atom is -0.508 e. The van der Waals surface area contributed by atoms with Gasteiger partial charge in [-0.1, -0.05) is 0 Å². The molecule has 0 aromatic heterocycles. The van der Waals surface area contributed by atoms with Crippen molar-refractivity contribution in [3.63, 3.8) is 0 Å². The number of ether oxygens (including phenoxy) is 2. The molecule has 15 heavy (non-hydrogen) atoms. The van der Waals surface area contributed by atoms with E-state index in [0.717, 1.165) is 12.8 Å². The molecule has 1 aromatic rings. The van der Waals surface area contributed by atoms with E-state index in [1.165, 1.54) is 12.8 Å². The zero-order valence-corrected chi connectivity index (χ0v) is 8.90. The molecule has 0 atom stereocenters. The third kappa shape index (κ3) is 2.35. The Morgan fingerprint density at radius 2 is 1.93 bits per heavy atom. The summed E-state index contributed by atoms with van der Waals surface area (Å²) >= 11 is 0. The molecule has 0 radical (unpaired) electrons.